The van der Waals surface area contributed by atoms with Crippen molar-refractivity contribution in [3.63, 3.8) is 0 Å². The van der Waals surface area contributed by atoms with Crippen LogP contribution in [-0.4, -0.2) is 25.1 Å². The SMILES string of the molecule is COc1ccc([C@@H](NS(=O)(=O)c2ccc3c(c2)CCC3)c2nccn2C)cc1. The van der Waals surface area contributed by atoms with E-state index < -0.39 is 16.1 Å². The molecule has 1 aliphatic rings. The Balaban J connectivity index is 1.71. The summed E-state index contributed by atoms with van der Waals surface area (Å²) in [6, 6.07) is 12.1. The fourth-order valence-corrected chi connectivity index (χ4v) is 4.89. The van der Waals surface area contributed by atoms with Gasteiger partial charge in [0.25, 0.3) is 0 Å². The summed E-state index contributed by atoms with van der Waals surface area (Å²) in [5.74, 6) is 1.33. The number of hydrogen-bond donors (Lipinski definition) is 1. The third kappa shape index (κ3) is 3.55. The predicted molar refractivity (Wildman–Crippen MR) is 107 cm³/mol. The topological polar surface area (TPSA) is 73.2 Å². The first-order valence-corrected chi connectivity index (χ1v) is 10.7. The fourth-order valence-electron chi connectivity index (χ4n) is 3.66. The Morgan fingerprint density at radius 1 is 1.11 bits per heavy atom. The molecule has 1 aliphatic carbocycles. The standard InChI is InChI=1S/C21H23N3O3S/c1-24-13-12-22-21(24)20(16-6-9-18(27-2)10-7-16)23-28(25,26)19-11-8-15-4-3-5-17(15)14-19/h6-14,20,23H,3-5H2,1-2H3/t20-/m1/s1. The third-order valence-electron chi connectivity index (χ3n) is 5.22. The summed E-state index contributed by atoms with van der Waals surface area (Å²) >= 11 is 0. The number of fused-ring (bicyclic) bond motifs is 1. The molecule has 1 aromatic heterocycles. The van der Waals surface area contributed by atoms with Gasteiger partial charge in [-0.1, -0.05) is 18.2 Å². The van der Waals surface area contributed by atoms with E-state index in [4.69, 9.17) is 4.74 Å². The summed E-state index contributed by atoms with van der Waals surface area (Å²) in [7, 11) is -0.274. The molecule has 1 atom stereocenters. The van der Waals surface area contributed by atoms with E-state index in [1.807, 2.05) is 41.9 Å². The van der Waals surface area contributed by atoms with Crippen molar-refractivity contribution in [2.75, 3.05) is 7.11 Å². The zero-order valence-electron chi connectivity index (χ0n) is 15.9. The lowest BCUT2D eigenvalue weighted by atomic mass is 10.1. The van der Waals surface area contributed by atoms with Crippen molar-refractivity contribution >= 4 is 10.0 Å². The average Bonchev–Trinajstić information content (AvgIpc) is 3.34. The van der Waals surface area contributed by atoms with Gasteiger partial charge in [0.15, 0.2) is 0 Å². The number of ether oxygens (including phenoxy) is 1. The molecule has 0 aliphatic heterocycles. The van der Waals surface area contributed by atoms with Gasteiger partial charge in [0, 0.05) is 19.4 Å². The van der Waals surface area contributed by atoms with Crippen LogP contribution >= 0.6 is 0 Å². The average molecular weight is 398 g/mol. The van der Waals surface area contributed by atoms with E-state index in [0.717, 1.165) is 30.4 Å². The molecule has 0 radical (unpaired) electrons. The number of sulfonamides is 1. The van der Waals surface area contributed by atoms with Crippen molar-refractivity contribution in [1.29, 1.82) is 0 Å². The van der Waals surface area contributed by atoms with Crippen LogP contribution in [0.2, 0.25) is 0 Å². The van der Waals surface area contributed by atoms with E-state index in [-0.39, 0.29) is 0 Å². The van der Waals surface area contributed by atoms with Crippen LogP contribution in [0, 0.1) is 0 Å². The molecule has 146 valence electrons. The van der Waals surface area contributed by atoms with Gasteiger partial charge in [-0.05, 0) is 60.2 Å². The van der Waals surface area contributed by atoms with Crippen LogP contribution in [-0.2, 0) is 29.9 Å². The van der Waals surface area contributed by atoms with Crippen LogP contribution in [0.4, 0.5) is 0 Å². The minimum atomic E-state index is -3.72. The molecule has 0 bridgehead atoms. The van der Waals surface area contributed by atoms with Crippen LogP contribution in [0.5, 0.6) is 5.75 Å². The number of rotatable bonds is 6. The van der Waals surface area contributed by atoms with Gasteiger partial charge in [0.2, 0.25) is 10.0 Å². The van der Waals surface area contributed by atoms with Crippen LogP contribution < -0.4 is 9.46 Å². The maximum Gasteiger partial charge on any atom is 0.241 e. The van der Waals surface area contributed by atoms with Crippen molar-refractivity contribution in [2.45, 2.75) is 30.2 Å². The summed E-state index contributed by atoms with van der Waals surface area (Å²) in [6.45, 7) is 0. The molecular formula is C21H23N3O3S. The van der Waals surface area contributed by atoms with Crippen LogP contribution in [0.1, 0.15) is 35.0 Å². The van der Waals surface area contributed by atoms with Gasteiger partial charge >= 0.3 is 0 Å². The number of methoxy groups -OCH3 is 1. The normalized spacial score (nSPS) is 14.6. The Bertz CT molecular complexity index is 1090. The molecular weight excluding hydrogens is 374 g/mol. The van der Waals surface area contributed by atoms with Crippen molar-refractivity contribution in [1.82, 2.24) is 14.3 Å². The largest absolute Gasteiger partial charge is 0.497 e. The Morgan fingerprint density at radius 3 is 2.54 bits per heavy atom. The highest BCUT2D eigenvalue weighted by Gasteiger charge is 2.26. The Morgan fingerprint density at radius 2 is 1.86 bits per heavy atom. The summed E-state index contributed by atoms with van der Waals surface area (Å²) < 4.78 is 36.2. The number of nitrogens with zero attached hydrogens (tertiary/aromatic N) is 2. The number of imidazole rings is 1. The lowest BCUT2D eigenvalue weighted by Gasteiger charge is -2.20. The zero-order valence-corrected chi connectivity index (χ0v) is 16.7. The first kappa shape index (κ1) is 18.7. The fraction of sp³-hybridized carbons (Fsp3) is 0.286. The lowest BCUT2D eigenvalue weighted by molar-refractivity contribution is 0.414. The van der Waals surface area contributed by atoms with Gasteiger partial charge in [0.05, 0.1) is 12.0 Å². The molecule has 1 N–H and O–H groups in total. The predicted octanol–water partition coefficient (Wildman–Crippen LogP) is 2.99. The minimum absolute atomic E-state index is 0.292. The molecule has 6 nitrogen and oxygen atoms in total. The molecule has 4 rings (SSSR count). The summed E-state index contributed by atoms with van der Waals surface area (Å²) in [6.07, 6.45) is 6.49. The Labute approximate surface area is 165 Å². The highest BCUT2D eigenvalue weighted by Crippen LogP contribution is 2.28. The van der Waals surface area contributed by atoms with Gasteiger partial charge in [-0.25, -0.2) is 13.4 Å². The van der Waals surface area contributed by atoms with Gasteiger partial charge in [0.1, 0.15) is 17.6 Å². The van der Waals surface area contributed by atoms with Crippen molar-refractivity contribution in [3.8, 4) is 5.75 Å². The Hall–Kier alpha value is -2.64. The number of aromatic nitrogens is 2. The van der Waals surface area contributed by atoms with Gasteiger partial charge < -0.3 is 9.30 Å². The molecule has 7 heteroatoms. The quantitative estimate of drug-likeness (QED) is 0.694. The number of aryl methyl sites for hydroxylation is 3. The third-order valence-corrected chi connectivity index (χ3v) is 6.64. The lowest BCUT2D eigenvalue weighted by Crippen LogP contribution is -2.31. The highest BCUT2D eigenvalue weighted by atomic mass is 32.2. The van der Waals surface area contributed by atoms with E-state index in [1.54, 1.807) is 31.6 Å². The second-order valence-corrected chi connectivity index (χ2v) is 8.72. The van der Waals surface area contributed by atoms with E-state index in [1.165, 1.54) is 5.56 Å². The van der Waals surface area contributed by atoms with E-state index in [9.17, 15) is 8.42 Å². The van der Waals surface area contributed by atoms with Crippen molar-refractivity contribution < 1.29 is 13.2 Å². The molecule has 0 fully saturated rings. The van der Waals surface area contributed by atoms with Gasteiger partial charge in [-0.2, -0.15) is 4.72 Å². The first-order valence-electron chi connectivity index (χ1n) is 9.23. The van der Waals surface area contributed by atoms with E-state index in [0.29, 0.717) is 16.5 Å². The monoisotopic (exact) mass is 397 g/mol. The maximum atomic E-state index is 13.2. The first-order chi connectivity index (χ1) is 13.5. The number of benzene rings is 2. The molecule has 0 saturated carbocycles. The van der Waals surface area contributed by atoms with E-state index >= 15 is 0 Å². The van der Waals surface area contributed by atoms with Gasteiger partial charge in [-0.3, -0.25) is 0 Å². The molecule has 0 saturated heterocycles. The maximum absolute atomic E-state index is 13.2. The van der Waals surface area contributed by atoms with Crippen LogP contribution in [0.25, 0.3) is 0 Å². The molecule has 28 heavy (non-hydrogen) atoms. The molecule has 0 spiro atoms. The zero-order chi connectivity index (χ0) is 19.7. The summed E-state index contributed by atoms with van der Waals surface area (Å²) in [5.41, 5.74) is 3.16. The van der Waals surface area contributed by atoms with Crippen LogP contribution in [0.3, 0.4) is 0 Å². The van der Waals surface area contributed by atoms with Gasteiger partial charge in [-0.15, -0.1) is 0 Å². The van der Waals surface area contributed by atoms with E-state index in [2.05, 4.69) is 9.71 Å². The smallest absolute Gasteiger partial charge is 0.241 e. The number of hydrogen-bond acceptors (Lipinski definition) is 4. The number of nitrogens with one attached hydrogen (secondary N) is 1. The molecule has 3 aromatic rings. The van der Waals surface area contributed by atoms with Crippen molar-refractivity contribution in [3.05, 3.63) is 77.4 Å². The second kappa shape index (κ2) is 7.41. The molecule has 2 aromatic carbocycles. The highest BCUT2D eigenvalue weighted by molar-refractivity contribution is 7.89. The Kier molecular flexibility index (Phi) is 4.95. The van der Waals surface area contributed by atoms with Crippen LogP contribution in [0.15, 0.2) is 59.8 Å². The minimum Gasteiger partial charge on any atom is -0.497 e. The molecule has 0 amide bonds. The summed E-state index contributed by atoms with van der Waals surface area (Å²) in [4.78, 5) is 4.67. The molecule has 1 heterocycles. The molecule has 0 unspecified atom stereocenters. The second-order valence-electron chi connectivity index (χ2n) is 7.01. The summed E-state index contributed by atoms with van der Waals surface area (Å²) in [5, 5.41) is 0. The van der Waals surface area contributed by atoms with Crippen molar-refractivity contribution in [2.24, 2.45) is 7.05 Å².